The largest absolute Gasteiger partial charge is 0.339 e. The summed E-state index contributed by atoms with van der Waals surface area (Å²) in [6.45, 7) is 8.41. The molecule has 33 heavy (non-hydrogen) atoms. The minimum atomic E-state index is 0.00182. The van der Waals surface area contributed by atoms with Crippen LogP contribution in [-0.2, 0) is 20.6 Å². The number of nitrogens with zero attached hydrogens (tertiary/aromatic N) is 6. The summed E-state index contributed by atoms with van der Waals surface area (Å²) in [4.78, 5) is 38.7. The molecule has 1 atom stereocenters. The summed E-state index contributed by atoms with van der Waals surface area (Å²) in [6.07, 6.45) is 4.89. The molecule has 0 aliphatic carbocycles. The lowest BCUT2D eigenvalue weighted by Crippen LogP contribution is -2.29. The summed E-state index contributed by atoms with van der Waals surface area (Å²) in [5.41, 5.74) is 5.79. The molecule has 8 nitrogen and oxygen atoms in total. The van der Waals surface area contributed by atoms with Gasteiger partial charge in [-0.05, 0) is 62.9 Å². The van der Waals surface area contributed by atoms with Crippen molar-refractivity contribution in [3.8, 4) is 0 Å². The molecule has 0 saturated carbocycles. The Labute approximate surface area is 193 Å². The summed E-state index contributed by atoms with van der Waals surface area (Å²) in [6, 6.07) is 4.26. The number of aryl methyl sites for hydroxylation is 4. The summed E-state index contributed by atoms with van der Waals surface area (Å²) < 4.78 is 3.42. The molecule has 0 N–H and O–H groups in total. The molecule has 1 aromatic carbocycles. The van der Waals surface area contributed by atoms with Gasteiger partial charge < -0.3 is 4.90 Å². The Morgan fingerprint density at radius 2 is 1.76 bits per heavy atom. The molecule has 0 unspecified atom stereocenters. The van der Waals surface area contributed by atoms with Crippen LogP contribution in [0.5, 0.6) is 0 Å². The molecule has 2 aliphatic rings. The fraction of sp³-hybridized carbons (Fsp3) is 0.520. The number of hydrogen-bond acceptors (Lipinski definition) is 5. The minimum Gasteiger partial charge on any atom is -0.339 e. The van der Waals surface area contributed by atoms with E-state index in [0.717, 1.165) is 74.5 Å². The predicted molar refractivity (Wildman–Crippen MR) is 127 cm³/mol. The van der Waals surface area contributed by atoms with Crippen molar-refractivity contribution in [2.75, 3.05) is 26.2 Å². The molecule has 2 fully saturated rings. The number of benzene rings is 1. The number of carbonyl (C=O) groups is 1. The Morgan fingerprint density at radius 1 is 1.06 bits per heavy atom. The van der Waals surface area contributed by atoms with Gasteiger partial charge in [-0.1, -0.05) is 0 Å². The quantitative estimate of drug-likeness (QED) is 0.613. The first kappa shape index (κ1) is 21.8. The van der Waals surface area contributed by atoms with E-state index in [0.29, 0.717) is 5.56 Å². The van der Waals surface area contributed by atoms with Gasteiger partial charge in [-0.3, -0.25) is 18.8 Å². The lowest BCUT2D eigenvalue weighted by Gasteiger charge is -2.18. The third-order valence-electron chi connectivity index (χ3n) is 7.38. The molecular formula is C25H32N6O2. The number of imidazole rings is 1. The standard InChI is InChI=1S/C25H32N6O2/c1-16-11-21-22(29(4)25(33)28(21)3)12-19(16)15-30-10-7-18(14-30)23-26-13-20(17(2)27-23)24(32)31-8-5-6-9-31/h11-13,18H,5-10,14-15H2,1-4H3/t18-/m0/s1. The molecule has 4 heterocycles. The average molecular weight is 449 g/mol. The Morgan fingerprint density at radius 3 is 2.45 bits per heavy atom. The Balaban J connectivity index is 1.30. The lowest BCUT2D eigenvalue weighted by molar-refractivity contribution is 0.0791. The molecule has 5 rings (SSSR count). The van der Waals surface area contributed by atoms with Crippen molar-refractivity contribution in [1.82, 2.24) is 28.9 Å². The maximum atomic E-state index is 12.7. The van der Waals surface area contributed by atoms with Crippen molar-refractivity contribution in [3.05, 3.63) is 57.0 Å². The van der Waals surface area contributed by atoms with Gasteiger partial charge >= 0.3 is 5.69 Å². The number of hydrogen-bond donors (Lipinski definition) is 0. The van der Waals surface area contributed by atoms with Gasteiger partial charge in [-0.2, -0.15) is 0 Å². The molecule has 1 amide bonds. The zero-order valence-electron chi connectivity index (χ0n) is 20.0. The van der Waals surface area contributed by atoms with Gasteiger partial charge in [0, 0.05) is 52.4 Å². The molecule has 0 radical (unpaired) electrons. The highest BCUT2D eigenvalue weighted by Gasteiger charge is 2.28. The van der Waals surface area contributed by atoms with Gasteiger partial charge in [0.2, 0.25) is 0 Å². The third-order valence-corrected chi connectivity index (χ3v) is 7.38. The fourth-order valence-corrected chi connectivity index (χ4v) is 5.27. The number of likely N-dealkylation sites (tertiary alicyclic amines) is 2. The van der Waals surface area contributed by atoms with Crippen LogP contribution in [0.15, 0.2) is 23.1 Å². The number of rotatable bonds is 4. The van der Waals surface area contributed by atoms with E-state index >= 15 is 0 Å². The van der Waals surface area contributed by atoms with E-state index < -0.39 is 0 Å². The van der Waals surface area contributed by atoms with Gasteiger partial charge in [-0.15, -0.1) is 0 Å². The summed E-state index contributed by atoms with van der Waals surface area (Å²) in [7, 11) is 3.65. The monoisotopic (exact) mass is 448 g/mol. The Hall–Kier alpha value is -3.00. The molecule has 174 valence electrons. The number of fused-ring (bicyclic) bond motifs is 1. The summed E-state index contributed by atoms with van der Waals surface area (Å²) in [5, 5.41) is 0. The van der Waals surface area contributed by atoms with E-state index in [9.17, 15) is 9.59 Å². The molecule has 3 aromatic rings. The molecule has 8 heteroatoms. The molecular weight excluding hydrogens is 416 g/mol. The first-order chi connectivity index (χ1) is 15.8. The van der Waals surface area contributed by atoms with Gasteiger partial charge in [0.1, 0.15) is 5.82 Å². The van der Waals surface area contributed by atoms with Crippen LogP contribution in [0.25, 0.3) is 11.0 Å². The van der Waals surface area contributed by atoms with E-state index in [1.165, 1.54) is 11.1 Å². The zero-order chi connectivity index (χ0) is 23.3. The fourth-order valence-electron chi connectivity index (χ4n) is 5.27. The maximum absolute atomic E-state index is 12.7. The van der Waals surface area contributed by atoms with E-state index in [4.69, 9.17) is 4.98 Å². The summed E-state index contributed by atoms with van der Waals surface area (Å²) >= 11 is 0. The molecule has 0 bridgehead atoms. The van der Waals surface area contributed by atoms with Crippen LogP contribution in [0.2, 0.25) is 0 Å². The highest BCUT2D eigenvalue weighted by Crippen LogP contribution is 2.28. The first-order valence-corrected chi connectivity index (χ1v) is 11.8. The van der Waals surface area contributed by atoms with Crippen LogP contribution in [0.4, 0.5) is 0 Å². The molecule has 0 spiro atoms. The lowest BCUT2D eigenvalue weighted by atomic mass is 10.1. The van der Waals surface area contributed by atoms with Crippen LogP contribution in [0, 0.1) is 13.8 Å². The Kier molecular flexibility index (Phi) is 5.56. The topological polar surface area (TPSA) is 76.3 Å². The van der Waals surface area contributed by atoms with Gasteiger partial charge in [0.25, 0.3) is 5.91 Å². The van der Waals surface area contributed by atoms with Crippen LogP contribution >= 0.6 is 0 Å². The zero-order valence-corrected chi connectivity index (χ0v) is 20.0. The number of aromatic nitrogens is 4. The normalized spacial score (nSPS) is 19.2. The average Bonchev–Trinajstić information content (AvgIpc) is 3.54. The third kappa shape index (κ3) is 3.86. The second-order valence-electron chi connectivity index (χ2n) is 9.62. The van der Waals surface area contributed by atoms with Crippen molar-refractivity contribution in [1.29, 1.82) is 0 Å². The highest BCUT2D eigenvalue weighted by atomic mass is 16.2. The van der Waals surface area contributed by atoms with E-state index in [2.05, 4.69) is 28.9 Å². The van der Waals surface area contributed by atoms with Crippen LogP contribution < -0.4 is 5.69 Å². The van der Waals surface area contributed by atoms with Crippen molar-refractivity contribution in [2.24, 2.45) is 14.1 Å². The molecule has 2 aliphatic heterocycles. The predicted octanol–water partition coefficient (Wildman–Crippen LogP) is 2.51. The molecule has 2 saturated heterocycles. The van der Waals surface area contributed by atoms with Crippen molar-refractivity contribution in [3.63, 3.8) is 0 Å². The second kappa shape index (κ2) is 8.41. The minimum absolute atomic E-state index is 0.00182. The van der Waals surface area contributed by atoms with Crippen molar-refractivity contribution in [2.45, 2.75) is 45.6 Å². The second-order valence-corrected chi connectivity index (χ2v) is 9.62. The van der Waals surface area contributed by atoms with Crippen molar-refractivity contribution >= 4 is 16.9 Å². The van der Waals surface area contributed by atoms with Gasteiger partial charge in [0.05, 0.1) is 22.3 Å². The van der Waals surface area contributed by atoms with Gasteiger partial charge in [0.15, 0.2) is 0 Å². The first-order valence-electron chi connectivity index (χ1n) is 11.8. The van der Waals surface area contributed by atoms with Crippen molar-refractivity contribution < 1.29 is 4.79 Å². The van der Waals surface area contributed by atoms with Crippen LogP contribution in [-0.4, -0.2) is 61.0 Å². The van der Waals surface area contributed by atoms with Crippen LogP contribution in [0.3, 0.4) is 0 Å². The van der Waals surface area contributed by atoms with E-state index in [-0.39, 0.29) is 17.5 Å². The number of carbonyl (C=O) groups excluding carboxylic acids is 1. The number of amides is 1. The SMILES string of the molecule is Cc1cc2c(cc1CN1CC[C@H](c3ncc(C(=O)N4CCCC4)c(C)n3)C1)n(C)c(=O)n2C. The van der Waals surface area contributed by atoms with Crippen LogP contribution in [0.1, 0.15) is 58.2 Å². The summed E-state index contributed by atoms with van der Waals surface area (Å²) in [5.74, 6) is 1.17. The van der Waals surface area contributed by atoms with E-state index in [1.54, 1.807) is 15.3 Å². The molecule has 2 aromatic heterocycles. The van der Waals surface area contributed by atoms with E-state index in [1.807, 2.05) is 25.9 Å². The maximum Gasteiger partial charge on any atom is 0.328 e. The Bertz CT molecular complexity index is 1280. The smallest absolute Gasteiger partial charge is 0.328 e. The highest BCUT2D eigenvalue weighted by molar-refractivity contribution is 5.95. The van der Waals surface area contributed by atoms with Gasteiger partial charge in [-0.25, -0.2) is 14.8 Å².